The standard InChI is InChI=1S/C13H20N2O/c1-9(2)12(15-13(16)10(3)14)11-7-5-4-6-8-11/h4-10,12H,14H2,1-3H3,(H,15,16)/t10-,12?/m1/s1. The van der Waals surface area contributed by atoms with Crippen molar-refractivity contribution in [2.75, 3.05) is 0 Å². The summed E-state index contributed by atoms with van der Waals surface area (Å²) in [5.41, 5.74) is 6.67. The van der Waals surface area contributed by atoms with Gasteiger partial charge in [0.25, 0.3) is 0 Å². The Labute approximate surface area is 97.0 Å². The largest absolute Gasteiger partial charge is 0.348 e. The molecule has 88 valence electrons. The van der Waals surface area contributed by atoms with Crippen LogP contribution in [-0.4, -0.2) is 11.9 Å². The molecule has 1 amide bonds. The number of hydrogen-bond acceptors (Lipinski definition) is 2. The van der Waals surface area contributed by atoms with E-state index in [1.165, 1.54) is 0 Å². The Morgan fingerprint density at radius 1 is 1.19 bits per heavy atom. The number of hydrogen-bond donors (Lipinski definition) is 2. The van der Waals surface area contributed by atoms with E-state index >= 15 is 0 Å². The predicted molar refractivity (Wildman–Crippen MR) is 65.8 cm³/mol. The first-order chi connectivity index (χ1) is 7.52. The maximum atomic E-state index is 11.6. The average Bonchev–Trinajstić information content (AvgIpc) is 2.26. The van der Waals surface area contributed by atoms with Crippen molar-refractivity contribution in [2.45, 2.75) is 32.9 Å². The molecule has 0 radical (unpaired) electrons. The summed E-state index contributed by atoms with van der Waals surface area (Å²) in [6, 6.07) is 9.52. The molecule has 0 saturated carbocycles. The third-order valence-electron chi connectivity index (χ3n) is 2.54. The smallest absolute Gasteiger partial charge is 0.237 e. The summed E-state index contributed by atoms with van der Waals surface area (Å²) in [5.74, 6) is 0.229. The molecule has 3 N–H and O–H groups in total. The van der Waals surface area contributed by atoms with Gasteiger partial charge in [0.1, 0.15) is 0 Å². The molecule has 1 unspecified atom stereocenters. The van der Waals surface area contributed by atoms with Crippen LogP contribution in [0.3, 0.4) is 0 Å². The number of amides is 1. The van der Waals surface area contributed by atoms with Crippen molar-refractivity contribution in [3.8, 4) is 0 Å². The van der Waals surface area contributed by atoms with Crippen molar-refractivity contribution in [3.63, 3.8) is 0 Å². The molecule has 0 aliphatic heterocycles. The summed E-state index contributed by atoms with van der Waals surface area (Å²) in [5, 5.41) is 2.97. The molecule has 16 heavy (non-hydrogen) atoms. The summed E-state index contributed by atoms with van der Waals surface area (Å²) < 4.78 is 0. The first kappa shape index (κ1) is 12.7. The molecule has 0 spiro atoms. The number of rotatable bonds is 4. The van der Waals surface area contributed by atoms with E-state index in [4.69, 9.17) is 5.73 Å². The van der Waals surface area contributed by atoms with E-state index in [1.54, 1.807) is 6.92 Å². The second-order valence-corrected chi connectivity index (χ2v) is 4.43. The summed E-state index contributed by atoms with van der Waals surface area (Å²) in [4.78, 5) is 11.6. The van der Waals surface area contributed by atoms with Gasteiger partial charge >= 0.3 is 0 Å². The number of nitrogens with two attached hydrogens (primary N) is 1. The molecule has 1 aromatic rings. The van der Waals surface area contributed by atoms with Gasteiger partial charge in [-0.2, -0.15) is 0 Å². The molecule has 0 bridgehead atoms. The monoisotopic (exact) mass is 220 g/mol. The highest BCUT2D eigenvalue weighted by Gasteiger charge is 2.19. The minimum Gasteiger partial charge on any atom is -0.348 e. The fourth-order valence-corrected chi connectivity index (χ4v) is 1.58. The lowest BCUT2D eigenvalue weighted by Gasteiger charge is -2.23. The quantitative estimate of drug-likeness (QED) is 0.813. The van der Waals surface area contributed by atoms with E-state index in [-0.39, 0.29) is 11.9 Å². The maximum Gasteiger partial charge on any atom is 0.237 e. The van der Waals surface area contributed by atoms with Crippen molar-refractivity contribution < 1.29 is 4.79 Å². The van der Waals surface area contributed by atoms with Crippen LogP contribution in [0.1, 0.15) is 32.4 Å². The van der Waals surface area contributed by atoms with Gasteiger partial charge in [0.2, 0.25) is 5.91 Å². The van der Waals surface area contributed by atoms with E-state index in [2.05, 4.69) is 19.2 Å². The van der Waals surface area contributed by atoms with Gasteiger partial charge in [-0.25, -0.2) is 0 Å². The summed E-state index contributed by atoms with van der Waals surface area (Å²) in [6.07, 6.45) is 0. The molecule has 2 atom stereocenters. The molecule has 0 fully saturated rings. The molecule has 0 aliphatic rings. The Bertz CT molecular complexity index is 333. The average molecular weight is 220 g/mol. The first-order valence-electron chi connectivity index (χ1n) is 5.63. The van der Waals surface area contributed by atoms with Crippen LogP contribution in [-0.2, 0) is 4.79 Å². The minimum atomic E-state index is -0.468. The van der Waals surface area contributed by atoms with Gasteiger partial charge in [0, 0.05) is 0 Å². The number of carbonyl (C=O) groups excluding carboxylic acids is 1. The molecule has 0 aliphatic carbocycles. The maximum absolute atomic E-state index is 11.6. The normalized spacial score (nSPS) is 14.6. The van der Waals surface area contributed by atoms with Crippen LogP contribution in [0.25, 0.3) is 0 Å². The van der Waals surface area contributed by atoms with E-state index in [1.807, 2.05) is 30.3 Å². The number of carbonyl (C=O) groups is 1. The van der Waals surface area contributed by atoms with E-state index < -0.39 is 6.04 Å². The zero-order valence-corrected chi connectivity index (χ0v) is 10.1. The van der Waals surface area contributed by atoms with Crippen molar-refractivity contribution >= 4 is 5.91 Å². The molecule has 1 rings (SSSR count). The summed E-state index contributed by atoms with van der Waals surface area (Å²) in [6.45, 7) is 5.86. The van der Waals surface area contributed by atoms with Crippen LogP contribution in [0, 0.1) is 5.92 Å². The highest BCUT2D eigenvalue weighted by molar-refractivity contribution is 5.81. The second kappa shape index (κ2) is 5.66. The Morgan fingerprint density at radius 3 is 2.19 bits per heavy atom. The highest BCUT2D eigenvalue weighted by atomic mass is 16.2. The highest BCUT2D eigenvalue weighted by Crippen LogP contribution is 2.21. The van der Waals surface area contributed by atoms with Crippen molar-refractivity contribution in [3.05, 3.63) is 35.9 Å². The predicted octanol–water partition coefficient (Wildman–Crippen LogP) is 1.85. The summed E-state index contributed by atoms with van der Waals surface area (Å²) >= 11 is 0. The Kier molecular flexibility index (Phi) is 4.50. The molecule has 1 aromatic carbocycles. The van der Waals surface area contributed by atoms with Gasteiger partial charge in [-0.15, -0.1) is 0 Å². The zero-order chi connectivity index (χ0) is 12.1. The Balaban J connectivity index is 2.81. The Morgan fingerprint density at radius 2 is 1.75 bits per heavy atom. The van der Waals surface area contributed by atoms with Crippen LogP contribution in [0.2, 0.25) is 0 Å². The van der Waals surface area contributed by atoms with E-state index in [0.29, 0.717) is 5.92 Å². The lowest BCUT2D eigenvalue weighted by molar-refractivity contribution is -0.123. The van der Waals surface area contributed by atoms with Gasteiger partial charge in [-0.3, -0.25) is 4.79 Å². The summed E-state index contributed by atoms with van der Waals surface area (Å²) in [7, 11) is 0. The molecule has 0 saturated heterocycles. The Hall–Kier alpha value is -1.35. The molecule has 0 aromatic heterocycles. The van der Waals surface area contributed by atoms with Gasteiger partial charge in [-0.05, 0) is 18.4 Å². The molecule has 0 heterocycles. The van der Waals surface area contributed by atoms with Gasteiger partial charge in [0.05, 0.1) is 12.1 Å². The fourth-order valence-electron chi connectivity index (χ4n) is 1.58. The SMILES string of the molecule is CC(C)C(NC(=O)[C@@H](C)N)c1ccccc1. The van der Waals surface area contributed by atoms with Crippen LogP contribution in [0.15, 0.2) is 30.3 Å². The van der Waals surface area contributed by atoms with E-state index in [0.717, 1.165) is 5.56 Å². The third-order valence-corrected chi connectivity index (χ3v) is 2.54. The van der Waals surface area contributed by atoms with Gasteiger partial charge < -0.3 is 11.1 Å². The number of benzene rings is 1. The third kappa shape index (κ3) is 3.35. The van der Waals surface area contributed by atoms with Crippen LogP contribution < -0.4 is 11.1 Å². The minimum absolute atomic E-state index is 0.0275. The topological polar surface area (TPSA) is 55.1 Å². The molecule has 3 nitrogen and oxygen atoms in total. The van der Waals surface area contributed by atoms with Crippen molar-refractivity contribution in [1.29, 1.82) is 0 Å². The van der Waals surface area contributed by atoms with Crippen LogP contribution in [0.5, 0.6) is 0 Å². The van der Waals surface area contributed by atoms with Crippen LogP contribution in [0.4, 0.5) is 0 Å². The van der Waals surface area contributed by atoms with Gasteiger partial charge in [-0.1, -0.05) is 44.2 Å². The molecular formula is C13H20N2O. The molecule has 3 heteroatoms. The van der Waals surface area contributed by atoms with Crippen molar-refractivity contribution in [2.24, 2.45) is 11.7 Å². The lowest BCUT2D eigenvalue weighted by atomic mass is 9.96. The van der Waals surface area contributed by atoms with E-state index in [9.17, 15) is 4.79 Å². The zero-order valence-electron chi connectivity index (χ0n) is 10.1. The van der Waals surface area contributed by atoms with Crippen molar-refractivity contribution in [1.82, 2.24) is 5.32 Å². The first-order valence-corrected chi connectivity index (χ1v) is 5.63. The second-order valence-electron chi connectivity index (χ2n) is 4.43. The number of nitrogens with one attached hydrogen (secondary N) is 1. The van der Waals surface area contributed by atoms with Crippen LogP contribution >= 0.6 is 0 Å². The fraction of sp³-hybridized carbons (Fsp3) is 0.462. The lowest BCUT2D eigenvalue weighted by Crippen LogP contribution is -2.41. The molecular weight excluding hydrogens is 200 g/mol. The van der Waals surface area contributed by atoms with Gasteiger partial charge in [0.15, 0.2) is 0 Å².